The van der Waals surface area contributed by atoms with Gasteiger partial charge in [-0.1, -0.05) is 23.7 Å². The maximum absolute atomic E-state index is 13.1. The fourth-order valence-corrected chi connectivity index (χ4v) is 3.82. The zero-order chi connectivity index (χ0) is 20.0. The van der Waals surface area contributed by atoms with Gasteiger partial charge in [0.25, 0.3) is 11.5 Å². The maximum Gasteiger partial charge on any atom is 0.275 e. The van der Waals surface area contributed by atoms with Gasteiger partial charge in [0.05, 0.1) is 12.0 Å². The summed E-state index contributed by atoms with van der Waals surface area (Å²) < 4.78 is 3.26. The summed E-state index contributed by atoms with van der Waals surface area (Å²) in [5, 5.41) is 0.687. The van der Waals surface area contributed by atoms with E-state index in [-0.39, 0.29) is 17.5 Å². The van der Waals surface area contributed by atoms with E-state index in [0.29, 0.717) is 29.5 Å². The summed E-state index contributed by atoms with van der Waals surface area (Å²) in [6, 6.07) is 9.01. The molecule has 28 heavy (non-hydrogen) atoms. The van der Waals surface area contributed by atoms with Crippen LogP contribution >= 0.6 is 11.6 Å². The first-order valence-corrected chi connectivity index (χ1v) is 9.54. The van der Waals surface area contributed by atoms with Gasteiger partial charge in [-0.2, -0.15) is 0 Å². The van der Waals surface area contributed by atoms with Gasteiger partial charge < -0.3 is 14.0 Å². The summed E-state index contributed by atoms with van der Waals surface area (Å²) in [6.45, 7) is 6.69. The molecule has 1 aliphatic rings. The highest BCUT2D eigenvalue weighted by Crippen LogP contribution is 2.24. The fraction of sp³-hybridized carbons (Fsp3) is 0.286. The van der Waals surface area contributed by atoms with Crippen molar-refractivity contribution in [3.05, 3.63) is 80.7 Å². The van der Waals surface area contributed by atoms with Gasteiger partial charge >= 0.3 is 0 Å². The predicted molar refractivity (Wildman–Crippen MR) is 108 cm³/mol. The van der Waals surface area contributed by atoms with Gasteiger partial charge in [-0.3, -0.25) is 9.59 Å². The van der Waals surface area contributed by atoms with Crippen molar-refractivity contribution >= 4 is 17.5 Å². The number of aromatic nitrogens is 3. The zero-order valence-corrected chi connectivity index (χ0v) is 16.8. The van der Waals surface area contributed by atoms with Crippen molar-refractivity contribution in [3.8, 4) is 5.69 Å². The van der Waals surface area contributed by atoms with E-state index < -0.39 is 0 Å². The van der Waals surface area contributed by atoms with Crippen LogP contribution in [0.5, 0.6) is 0 Å². The third kappa shape index (κ3) is 3.03. The Hall–Kier alpha value is -2.86. The number of imidazole rings is 1. The van der Waals surface area contributed by atoms with Crippen LogP contribution < -0.4 is 5.56 Å². The molecule has 2 aromatic heterocycles. The van der Waals surface area contributed by atoms with Crippen LogP contribution in [0, 0.1) is 13.8 Å². The average molecular weight is 397 g/mol. The van der Waals surface area contributed by atoms with E-state index in [1.165, 1.54) is 0 Å². The van der Waals surface area contributed by atoms with Crippen LogP contribution in [0.15, 0.2) is 47.7 Å². The van der Waals surface area contributed by atoms with Gasteiger partial charge in [-0.15, -0.1) is 0 Å². The number of carbonyl (C=O) groups is 1. The first kappa shape index (κ1) is 18.5. The van der Waals surface area contributed by atoms with Gasteiger partial charge in [0.2, 0.25) is 0 Å². The third-order valence-electron chi connectivity index (χ3n) is 5.32. The van der Waals surface area contributed by atoms with E-state index in [0.717, 1.165) is 16.8 Å². The Labute approximate surface area is 168 Å². The van der Waals surface area contributed by atoms with Gasteiger partial charge in [0, 0.05) is 30.4 Å². The summed E-state index contributed by atoms with van der Waals surface area (Å²) in [5.41, 5.74) is 3.52. The van der Waals surface area contributed by atoms with Gasteiger partial charge in [-0.05, 0) is 50.1 Å². The minimum Gasteiger partial charge on any atom is -0.329 e. The lowest BCUT2D eigenvalue weighted by Crippen LogP contribution is -2.49. The highest BCUT2D eigenvalue weighted by Gasteiger charge is 2.31. The molecule has 3 aromatic rings. The smallest absolute Gasteiger partial charge is 0.275 e. The maximum atomic E-state index is 13.1. The second kappa shape index (κ2) is 6.95. The molecule has 0 unspecified atom stereocenters. The lowest BCUT2D eigenvalue weighted by molar-refractivity contribution is 0.0589. The molecule has 1 amide bonds. The molecule has 6 nitrogen and oxygen atoms in total. The number of fused-ring (bicyclic) bond motifs is 1. The number of carbonyl (C=O) groups excluding carboxylic acids is 1. The second-order valence-electron chi connectivity index (χ2n) is 7.25. The van der Waals surface area contributed by atoms with E-state index in [1.807, 2.05) is 39.0 Å². The number of amides is 1. The van der Waals surface area contributed by atoms with E-state index in [1.54, 1.807) is 38.7 Å². The molecule has 0 radical (unpaired) electrons. The van der Waals surface area contributed by atoms with Crippen molar-refractivity contribution in [2.75, 3.05) is 0 Å². The molecule has 0 N–H and O–H groups in total. The Balaban J connectivity index is 1.71. The van der Waals surface area contributed by atoms with E-state index in [2.05, 4.69) is 4.98 Å². The summed E-state index contributed by atoms with van der Waals surface area (Å²) in [5.74, 6) is -0.149. The quantitative estimate of drug-likeness (QED) is 0.682. The first-order valence-electron chi connectivity index (χ1n) is 9.16. The molecule has 4 rings (SSSR count). The van der Waals surface area contributed by atoms with Crippen LogP contribution in [0.1, 0.15) is 34.2 Å². The molecule has 0 saturated heterocycles. The van der Waals surface area contributed by atoms with Crippen LogP contribution in [-0.2, 0) is 13.1 Å². The standard InChI is InChI=1S/C21H21ClN4O2/c1-13-9-24(12-23-13)18-7-8-19-21(28)25(14(2)10-26(19)20(18)27)11-16-5-4-6-17(22)15(16)3/h4-9,12,14H,10-11H2,1-3H3/t14-/m1/s1. The Morgan fingerprint density at radius 2 is 1.96 bits per heavy atom. The third-order valence-corrected chi connectivity index (χ3v) is 5.73. The Morgan fingerprint density at radius 3 is 2.68 bits per heavy atom. The highest BCUT2D eigenvalue weighted by atomic mass is 35.5. The number of nitrogens with zero attached hydrogens (tertiary/aromatic N) is 4. The topological polar surface area (TPSA) is 60.1 Å². The molecule has 0 spiro atoms. The summed E-state index contributed by atoms with van der Waals surface area (Å²) >= 11 is 6.23. The van der Waals surface area contributed by atoms with Gasteiger partial charge in [0.15, 0.2) is 0 Å². The molecule has 7 heteroatoms. The normalized spacial score (nSPS) is 16.4. The van der Waals surface area contributed by atoms with Crippen LogP contribution in [0.2, 0.25) is 5.02 Å². The highest BCUT2D eigenvalue weighted by molar-refractivity contribution is 6.31. The second-order valence-corrected chi connectivity index (χ2v) is 7.66. The first-order chi connectivity index (χ1) is 13.4. The fourth-order valence-electron chi connectivity index (χ4n) is 3.63. The number of hydrogen-bond donors (Lipinski definition) is 0. The number of benzene rings is 1. The summed E-state index contributed by atoms with van der Waals surface area (Å²) in [6.07, 6.45) is 3.41. The number of aryl methyl sites for hydroxylation is 1. The predicted octanol–water partition coefficient (Wildman–Crippen LogP) is 3.35. The van der Waals surface area contributed by atoms with Gasteiger partial charge in [0.1, 0.15) is 11.4 Å². The molecular formula is C21H21ClN4O2. The number of hydrogen-bond acceptors (Lipinski definition) is 3. The van der Waals surface area contributed by atoms with Gasteiger partial charge in [-0.25, -0.2) is 4.98 Å². The summed E-state index contributed by atoms with van der Waals surface area (Å²) in [7, 11) is 0. The molecule has 1 aliphatic heterocycles. The SMILES string of the molecule is Cc1cn(-c2ccc3n(c2=O)C[C@@H](C)N(Cc2cccc(Cl)c2C)C3=O)cn1. The minimum atomic E-state index is -0.186. The molecule has 144 valence electrons. The Morgan fingerprint density at radius 1 is 1.18 bits per heavy atom. The zero-order valence-electron chi connectivity index (χ0n) is 16.0. The average Bonchev–Trinajstić information content (AvgIpc) is 3.09. The lowest BCUT2D eigenvalue weighted by Gasteiger charge is -2.36. The summed E-state index contributed by atoms with van der Waals surface area (Å²) in [4.78, 5) is 32.1. The van der Waals surface area contributed by atoms with Crippen molar-refractivity contribution in [2.24, 2.45) is 0 Å². The molecule has 1 aromatic carbocycles. The number of pyridine rings is 1. The van der Waals surface area contributed by atoms with Crippen molar-refractivity contribution < 1.29 is 4.79 Å². The molecule has 0 aliphatic carbocycles. The van der Waals surface area contributed by atoms with E-state index in [4.69, 9.17) is 11.6 Å². The monoisotopic (exact) mass is 396 g/mol. The molecular weight excluding hydrogens is 376 g/mol. The van der Waals surface area contributed by atoms with Crippen LogP contribution in [0.3, 0.4) is 0 Å². The molecule has 0 saturated carbocycles. The van der Waals surface area contributed by atoms with E-state index >= 15 is 0 Å². The molecule has 0 bridgehead atoms. The Bertz CT molecular complexity index is 1130. The van der Waals surface area contributed by atoms with Crippen molar-refractivity contribution in [1.29, 1.82) is 0 Å². The molecule has 1 atom stereocenters. The van der Waals surface area contributed by atoms with Crippen LogP contribution in [0.4, 0.5) is 0 Å². The number of rotatable bonds is 3. The molecule has 3 heterocycles. The van der Waals surface area contributed by atoms with Crippen molar-refractivity contribution in [3.63, 3.8) is 0 Å². The Kier molecular flexibility index (Phi) is 4.59. The van der Waals surface area contributed by atoms with Crippen LogP contribution in [0.25, 0.3) is 5.69 Å². The minimum absolute atomic E-state index is 0.115. The van der Waals surface area contributed by atoms with Crippen LogP contribution in [-0.4, -0.2) is 31.0 Å². The lowest BCUT2D eigenvalue weighted by atomic mass is 10.1. The molecule has 0 fully saturated rings. The largest absolute Gasteiger partial charge is 0.329 e. The number of halogens is 1. The van der Waals surface area contributed by atoms with E-state index in [9.17, 15) is 9.59 Å². The van der Waals surface area contributed by atoms with Crippen molar-refractivity contribution in [1.82, 2.24) is 19.0 Å². The van der Waals surface area contributed by atoms with Crippen molar-refractivity contribution in [2.45, 2.75) is 39.9 Å².